The summed E-state index contributed by atoms with van der Waals surface area (Å²) in [7, 11) is 0. The summed E-state index contributed by atoms with van der Waals surface area (Å²) in [5, 5.41) is 2.84. The summed E-state index contributed by atoms with van der Waals surface area (Å²) in [6.07, 6.45) is 4.74. The van der Waals surface area contributed by atoms with Gasteiger partial charge >= 0.3 is 6.09 Å². The molecule has 1 aliphatic rings. The van der Waals surface area contributed by atoms with Gasteiger partial charge in [-0.25, -0.2) is 4.79 Å². The molecule has 0 bridgehead atoms. The van der Waals surface area contributed by atoms with Gasteiger partial charge in [0.05, 0.1) is 5.76 Å². The van der Waals surface area contributed by atoms with Gasteiger partial charge in [-0.3, -0.25) is 0 Å². The third-order valence-corrected chi connectivity index (χ3v) is 2.66. The van der Waals surface area contributed by atoms with Crippen molar-refractivity contribution in [1.29, 1.82) is 0 Å². The number of amides is 1. The van der Waals surface area contributed by atoms with Crippen LogP contribution in [-0.2, 0) is 9.47 Å². The number of carbonyl (C=O) groups is 1. The van der Waals surface area contributed by atoms with Gasteiger partial charge in [-0.05, 0) is 44.7 Å². The topological polar surface area (TPSA) is 84.3 Å². The number of azide groups is 1. The smallest absolute Gasteiger partial charge is 0.397 e. The van der Waals surface area contributed by atoms with E-state index in [9.17, 15) is 4.79 Å². The van der Waals surface area contributed by atoms with Crippen molar-refractivity contribution in [2.45, 2.75) is 51.7 Å². The molecule has 17 heavy (non-hydrogen) atoms. The Balaban J connectivity index is 2.40. The number of allylic oxidation sites excluding steroid dienone is 2. The third-order valence-electron chi connectivity index (χ3n) is 2.66. The summed E-state index contributed by atoms with van der Waals surface area (Å²) in [5.41, 5.74) is 8.07. The first-order chi connectivity index (χ1) is 8.13. The van der Waals surface area contributed by atoms with E-state index in [1.54, 1.807) is 6.92 Å². The maximum atomic E-state index is 10.9. The molecule has 1 amide bonds. The summed E-state index contributed by atoms with van der Waals surface area (Å²) in [4.78, 5) is 13.3. The van der Waals surface area contributed by atoms with Gasteiger partial charge in [0.25, 0.3) is 0 Å². The fraction of sp³-hybridized carbons (Fsp3) is 0.727. The molecule has 0 aromatic carbocycles. The molecular weight excluding hydrogens is 222 g/mol. The van der Waals surface area contributed by atoms with Gasteiger partial charge in [0, 0.05) is 16.4 Å². The van der Waals surface area contributed by atoms with Crippen LogP contribution in [0.1, 0.15) is 39.5 Å². The normalized spacial score (nSPS) is 18.4. The molecule has 94 valence electrons. The lowest BCUT2D eigenvalue weighted by atomic mass is 10.1. The number of hydrogen-bond donors (Lipinski definition) is 0. The summed E-state index contributed by atoms with van der Waals surface area (Å²) in [6, 6.07) is 0. The van der Waals surface area contributed by atoms with Gasteiger partial charge in [0.15, 0.2) is 0 Å². The van der Waals surface area contributed by atoms with Crippen LogP contribution < -0.4 is 0 Å². The third kappa shape index (κ3) is 4.78. The fourth-order valence-electron chi connectivity index (χ4n) is 1.57. The summed E-state index contributed by atoms with van der Waals surface area (Å²) in [5.74, 6) is 0.954. The lowest BCUT2D eigenvalue weighted by molar-refractivity contribution is 0.00261. The zero-order chi connectivity index (χ0) is 12.7. The Labute approximate surface area is 100 Å². The zero-order valence-electron chi connectivity index (χ0n) is 10.1. The molecule has 0 spiro atoms. The molecule has 0 N–H and O–H groups in total. The van der Waals surface area contributed by atoms with E-state index in [1.165, 1.54) is 6.42 Å². The molecule has 0 aromatic rings. The minimum Gasteiger partial charge on any atom is -0.492 e. The van der Waals surface area contributed by atoms with Crippen molar-refractivity contribution >= 4 is 6.09 Å². The van der Waals surface area contributed by atoms with Crippen molar-refractivity contribution in [3.63, 3.8) is 0 Å². The molecule has 0 heterocycles. The van der Waals surface area contributed by atoms with Crippen LogP contribution in [0.2, 0.25) is 0 Å². The second-order valence-electron chi connectivity index (χ2n) is 4.02. The highest BCUT2D eigenvalue weighted by Gasteiger charge is 2.19. The van der Waals surface area contributed by atoms with E-state index in [1.807, 2.05) is 6.92 Å². The average molecular weight is 239 g/mol. The van der Waals surface area contributed by atoms with Crippen LogP contribution in [0.25, 0.3) is 10.4 Å². The van der Waals surface area contributed by atoms with Gasteiger partial charge < -0.3 is 9.47 Å². The highest BCUT2D eigenvalue weighted by Crippen LogP contribution is 2.21. The van der Waals surface area contributed by atoms with Crippen molar-refractivity contribution in [2.24, 2.45) is 5.11 Å². The predicted octanol–water partition coefficient (Wildman–Crippen LogP) is 3.68. The molecule has 6 nitrogen and oxygen atoms in total. The van der Waals surface area contributed by atoms with Crippen LogP contribution >= 0.6 is 0 Å². The first kappa shape index (κ1) is 13.4. The number of ether oxygens (including phenoxy) is 2. The Morgan fingerprint density at radius 2 is 2.24 bits per heavy atom. The van der Waals surface area contributed by atoms with E-state index < -0.39 is 12.2 Å². The molecular formula is C11H17N3O3. The van der Waals surface area contributed by atoms with Crippen molar-refractivity contribution in [3.8, 4) is 0 Å². The largest absolute Gasteiger partial charge is 0.492 e. The first-order valence-corrected chi connectivity index (χ1v) is 5.75. The van der Waals surface area contributed by atoms with Gasteiger partial charge in [0.2, 0.25) is 0 Å². The molecule has 0 unspecified atom stereocenters. The predicted molar refractivity (Wildman–Crippen MR) is 62.2 cm³/mol. The van der Waals surface area contributed by atoms with Crippen LogP contribution in [0, 0.1) is 0 Å². The Bertz CT molecular complexity index is 348. The van der Waals surface area contributed by atoms with Crippen LogP contribution in [0.15, 0.2) is 16.9 Å². The molecule has 1 rings (SSSR count). The summed E-state index contributed by atoms with van der Waals surface area (Å²) < 4.78 is 10.6. The lowest BCUT2D eigenvalue weighted by Crippen LogP contribution is -2.27. The SMILES string of the molecule is C[C@@H](OC(=O)N=[N+]=[N-])[C@@H](C)OC1=CCCCC1. The highest BCUT2D eigenvalue weighted by atomic mass is 16.6. The van der Waals surface area contributed by atoms with Crippen molar-refractivity contribution in [1.82, 2.24) is 0 Å². The van der Waals surface area contributed by atoms with E-state index in [0.717, 1.165) is 25.0 Å². The standard InChI is InChI=1S/C11H17N3O3/c1-8(9(2)17-11(15)13-14-12)16-10-6-4-3-5-7-10/h6,8-9H,3-5,7H2,1-2H3/t8-,9-/m1/s1. The Morgan fingerprint density at radius 3 is 2.82 bits per heavy atom. The quantitative estimate of drug-likeness (QED) is 0.426. The monoisotopic (exact) mass is 239 g/mol. The molecule has 0 radical (unpaired) electrons. The van der Waals surface area contributed by atoms with Crippen LogP contribution in [0.3, 0.4) is 0 Å². The maximum Gasteiger partial charge on any atom is 0.397 e. The van der Waals surface area contributed by atoms with E-state index in [2.05, 4.69) is 16.1 Å². The van der Waals surface area contributed by atoms with E-state index in [-0.39, 0.29) is 6.10 Å². The number of nitrogens with zero attached hydrogens (tertiary/aromatic N) is 3. The Hall–Kier alpha value is -1.68. The lowest BCUT2D eigenvalue weighted by Gasteiger charge is -2.24. The highest BCUT2D eigenvalue weighted by molar-refractivity contribution is 5.68. The average Bonchev–Trinajstić information content (AvgIpc) is 2.30. The molecule has 6 heteroatoms. The van der Waals surface area contributed by atoms with Crippen molar-refractivity contribution < 1.29 is 14.3 Å². The molecule has 0 saturated heterocycles. The molecule has 0 aliphatic heterocycles. The number of carbonyl (C=O) groups excluding carboxylic acids is 1. The van der Waals surface area contributed by atoms with Crippen LogP contribution in [0.5, 0.6) is 0 Å². The van der Waals surface area contributed by atoms with E-state index in [4.69, 9.17) is 15.0 Å². The second-order valence-corrected chi connectivity index (χ2v) is 4.02. The van der Waals surface area contributed by atoms with E-state index >= 15 is 0 Å². The molecule has 0 saturated carbocycles. The maximum absolute atomic E-state index is 10.9. The van der Waals surface area contributed by atoms with Gasteiger partial charge in [-0.15, -0.1) is 0 Å². The number of rotatable bonds is 4. The van der Waals surface area contributed by atoms with Crippen molar-refractivity contribution in [3.05, 3.63) is 22.3 Å². The van der Waals surface area contributed by atoms with E-state index in [0.29, 0.717) is 0 Å². The van der Waals surface area contributed by atoms with Gasteiger partial charge in [-0.2, -0.15) is 0 Å². The first-order valence-electron chi connectivity index (χ1n) is 5.75. The van der Waals surface area contributed by atoms with Crippen LogP contribution in [-0.4, -0.2) is 18.3 Å². The Kier molecular flexibility index (Phi) is 5.36. The molecule has 0 aromatic heterocycles. The molecule has 0 fully saturated rings. The molecule has 2 atom stereocenters. The van der Waals surface area contributed by atoms with Crippen LogP contribution in [0.4, 0.5) is 4.79 Å². The summed E-state index contributed by atoms with van der Waals surface area (Å²) >= 11 is 0. The zero-order valence-corrected chi connectivity index (χ0v) is 10.1. The van der Waals surface area contributed by atoms with Gasteiger partial charge in [-0.1, -0.05) is 0 Å². The number of hydrogen-bond acceptors (Lipinski definition) is 3. The van der Waals surface area contributed by atoms with Gasteiger partial charge in [0.1, 0.15) is 12.2 Å². The molecule has 1 aliphatic carbocycles. The minimum atomic E-state index is -0.923. The minimum absolute atomic E-state index is 0.253. The fourth-order valence-corrected chi connectivity index (χ4v) is 1.57. The Morgan fingerprint density at radius 1 is 1.47 bits per heavy atom. The summed E-state index contributed by atoms with van der Waals surface area (Å²) in [6.45, 7) is 3.53. The van der Waals surface area contributed by atoms with Crippen molar-refractivity contribution in [2.75, 3.05) is 0 Å². The second kappa shape index (κ2) is 6.81.